The largest absolute Gasteiger partial charge is 0.316 e. The lowest BCUT2D eigenvalue weighted by Gasteiger charge is -2.24. The highest BCUT2D eigenvalue weighted by atomic mass is 32.1. The van der Waals surface area contributed by atoms with Crippen LogP contribution in [0.15, 0.2) is 11.6 Å². The van der Waals surface area contributed by atoms with Crippen LogP contribution in [0.1, 0.15) is 30.8 Å². The van der Waals surface area contributed by atoms with E-state index in [1.54, 1.807) is 11.3 Å². The van der Waals surface area contributed by atoms with Gasteiger partial charge in [-0.15, -0.1) is 11.3 Å². The monoisotopic (exact) mass is 225 g/mol. The molecule has 3 nitrogen and oxygen atoms in total. The Kier molecular flexibility index (Phi) is 4.11. The molecule has 84 valence electrons. The molecular formula is C11H19N3S. The second-order valence-electron chi connectivity index (χ2n) is 4.21. The van der Waals surface area contributed by atoms with E-state index in [1.807, 2.05) is 11.6 Å². The number of nitrogens with one attached hydrogen (secondary N) is 2. The summed E-state index contributed by atoms with van der Waals surface area (Å²) in [5.41, 5.74) is 0. The van der Waals surface area contributed by atoms with Gasteiger partial charge in [0.2, 0.25) is 0 Å². The van der Waals surface area contributed by atoms with Gasteiger partial charge in [0.05, 0.1) is 6.04 Å². The highest BCUT2D eigenvalue weighted by molar-refractivity contribution is 7.09. The summed E-state index contributed by atoms with van der Waals surface area (Å²) in [5.74, 6) is 0.793. The van der Waals surface area contributed by atoms with Crippen molar-refractivity contribution in [2.75, 3.05) is 19.6 Å². The van der Waals surface area contributed by atoms with Gasteiger partial charge in [0, 0.05) is 11.6 Å². The third kappa shape index (κ3) is 3.26. The molecule has 0 saturated carbocycles. The van der Waals surface area contributed by atoms with Gasteiger partial charge in [0.25, 0.3) is 0 Å². The molecule has 1 aliphatic rings. The molecule has 0 unspecified atom stereocenters. The lowest BCUT2D eigenvalue weighted by Crippen LogP contribution is -2.36. The number of hydrogen-bond acceptors (Lipinski definition) is 4. The fourth-order valence-electron chi connectivity index (χ4n) is 1.98. The summed E-state index contributed by atoms with van der Waals surface area (Å²) < 4.78 is 0. The minimum Gasteiger partial charge on any atom is -0.316 e. The summed E-state index contributed by atoms with van der Waals surface area (Å²) in [5, 5.41) is 10.2. The van der Waals surface area contributed by atoms with Crippen molar-refractivity contribution in [2.45, 2.75) is 25.8 Å². The molecule has 0 amide bonds. The van der Waals surface area contributed by atoms with Crippen molar-refractivity contribution in [3.05, 3.63) is 16.6 Å². The van der Waals surface area contributed by atoms with Crippen LogP contribution in [0.5, 0.6) is 0 Å². The third-order valence-electron chi connectivity index (χ3n) is 2.93. The van der Waals surface area contributed by atoms with E-state index < -0.39 is 0 Å². The van der Waals surface area contributed by atoms with Crippen LogP contribution in [0.4, 0.5) is 0 Å². The first-order chi connectivity index (χ1) is 7.36. The van der Waals surface area contributed by atoms with Crippen molar-refractivity contribution in [1.82, 2.24) is 15.6 Å². The molecule has 0 spiro atoms. The van der Waals surface area contributed by atoms with Gasteiger partial charge in [-0.05, 0) is 45.3 Å². The summed E-state index contributed by atoms with van der Waals surface area (Å²) in [7, 11) is 0. The van der Waals surface area contributed by atoms with E-state index in [4.69, 9.17) is 0 Å². The number of piperidine rings is 1. The van der Waals surface area contributed by atoms with Gasteiger partial charge in [0.1, 0.15) is 5.01 Å². The number of hydrogen-bond donors (Lipinski definition) is 2. The molecule has 1 aromatic rings. The lowest BCUT2D eigenvalue weighted by molar-refractivity contribution is 0.348. The minimum absolute atomic E-state index is 0.395. The van der Waals surface area contributed by atoms with Gasteiger partial charge in [-0.25, -0.2) is 4.98 Å². The van der Waals surface area contributed by atoms with E-state index in [9.17, 15) is 0 Å². The number of aromatic nitrogens is 1. The topological polar surface area (TPSA) is 37.0 Å². The molecule has 0 radical (unpaired) electrons. The van der Waals surface area contributed by atoms with Gasteiger partial charge in [-0.3, -0.25) is 0 Å². The van der Waals surface area contributed by atoms with Crippen LogP contribution < -0.4 is 10.6 Å². The third-order valence-corrected chi connectivity index (χ3v) is 3.89. The van der Waals surface area contributed by atoms with Gasteiger partial charge < -0.3 is 10.6 Å². The molecule has 1 saturated heterocycles. The zero-order valence-corrected chi connectivity index (χ0v) is 10.0. The van der Waals surface area contributed by atoms with Gasteiger partial charge >= 0.3 is 0 Å². The van der Waals surface area contributed by atoms with E-state index in [0.29, 0.717) is 6.04 Å². The summed E-state index contributed by atoms with van der Waals surface area (Å²) in [6, 6.07) is 0.395. The van der Waals surface area contributed by atoms with E-state index >= 15 is 0 Å². The summed E-state index contributed by atoms with van der Waals surface area (Å²) in [6.07, 6.45) is 4.54. The van der Waals surface area contributed by atoms with Crippen LogP contribution in [0.25, 0.3) is 0 Å². The standard InChI is InChI=1S/C11H19N3S/c1-9(11-13-5-6-15-11)14-8-10-3-2-4-12-7-10/h5-6,9-10,12,14H,2-4,7-8H2,1H3/t9-,10+/m0/s1. The maximum absolute atomic E-state index is 4.32. The van der Waals surface area contributed by atoms with Crippen molar-refractivity contribution in [1.29, 1.82) is 0 Å². The van der Waals surface area contributed by atoms with Crippen molar-refractivity contribution >= 4 is 11.3 Å². The van der Waals surface area contributed by atoms with Gasteiger partial charge in [-0.2, -0.15) is 0 Å². The molecule has 1 aliphatic heterocycles. The quantitative estimate of drug-likeness (QED) is 0.820. The molecule has 1 aromatic heterocycles. The van der Waals surface area contributed by atoms with Gasteiger partial charge in [-0.1, -0.05) is 0 Å². The van der Waals surface area contributed by atoms with Crippen molar-refractivity contribution in [3.8, 4) is 0 Å². The lowest BCUT2D eigenvalue weighted by atomic mass is 9.99. The maximum atomic E-state index is 4.32. The van der Waals surface area contributed by atoms with Crippen molar-refractivity contribution in [3.63, 3.8) is 0 Å². The highest BCUT2D eigenvalue weighted by Crippen LogP contribution is 2.16. The molecule has 2 heterocycles. The van der Waals surface area contributed by atoms with Crippen LogP contribution in [0.2, 0.25) is 0 Å². The number of thiazole rings is 1. The first-order valence-corrected chi connectivity index (χ1v) is 6.57. The molecule has 15 heavy (non-hydrogen) atoms. The Bertz CT molecular complexity index is 267. The van der Waals surface area contributed by atoms with Gasteiger partial charge in [0.15, 0.2) is 0 Å². The Hall–Kier alpha value is -0.450. The molecule has 0 bridgehead atoms. The SMILES string of the molecule is C[C@H](NC[C@@H]1CCCNC1)c1nccs1. The zero-order valence-electron chi connectivity index (χ0n) is 9.20. The first-order valence-electron chi connectivity index (χ1n) is 5.70. The number of rotatable bonds is 4. The van der Waals surface area contributed by atoms with Crippen LogP contribution in [0, 0.1) is 5.92 Å². The minimum atomic E-state index is 0.395. The fraction of sp³-hybridized carbons (Fsp3) is 0.727. The Morgan fingerprint density at radius 3 is 3.33 bits per heavy atom. The fourth-order valence-corrected chi connectivity index (χ4v) is 2.65. The normalized spacial score (nSPS) is 23.9. The Morgan fingerprint density at radius 1 is 1.73 bits per heavy atom. The van der Waals surface area contributed by atoms with Crippen LogP contribution in [-0.2, 0) is 0 Å². The maximum Gasteiger partial charge on any atom is 0.109 e. The predicted octanol–water partition coefficient (Wildman–Crippen LogP) is 1.79. The summed E-state index contributed by atoms with van der Waals surface area (Å²) >= 11 is 1.73. The Balaban J connectivity index is 1.73. The van der Waals surface area contributed by atoms with Crippen LogP contribution in [-0.4, -0.2) is 24.6 Å². The molecule has 0 aliphatic carbocycles. The molecular weight excluding hydrogens is 206 g/mol. The van der Waals surface area contributed by atoms with E-state index in [0.717, 1.165) is 19.0 Å². The molecule has 2 rings (SSSR count). The summed E-state index contributed by atoms with van der Waals surface area (Å²) in [4.78, 5) is 4.32. The van der Waals surface area contributed by atoms with Crippen LogP contribution in [0.3, 0.4) is 0 Å². The smallest absolute Gasteiger partial charge is 0.109 e. The Morgan fingerprint density at radius 2 is 2.67 bits per heavy atom. The van der Waals surface area contributed by atoms with Crippen molar-refractivity contribution in [2.24, 2.45) is 5.92 Å². The molecule has 4 heteroatoms. The summed E-state index contributed by atoms with van der Waals surface area (Å²) in [6.45, 7) is 5.65. The average Bonchev–Trinajstić information content (AvgIpc) is 2.81. The van der Waals surface area contributed by atoms with Crippen molar-refractivity contribution < 1.29 is 0 Å². The highest BCUT2D eigenvalue weighted by Gasteiger charge is 2.14. The van der Waals surface area contributed by atoms with E-state index in [1.165, 1.54) is 24.4 Å². The predicted molar refractivity (Wildman–Crippen MR) is 64.1 cm³/mol. The number of nitrogens with zero attached hydrogens (tertiary/aromatic N) is 1. The molecule has 1 fully saturated rings. The molecule has 2 atom stereocenters. The second-order valence-corrected chi connectivity index (χ2v) is 5.14. The first kappa shape index (κ1) is 11.0. The molecule has 2 N–H and O–H groups in total. The zero-order chi connectivity index (χ0) is 10.5. The van der Waals surface area contributed by atoms with E-state index in [-0.39, 0.29) is 0 Å². The Labute approximate surface area is 95.3 Å². The molecule has 0 aromatic carbocycles. The second kappa shape index (κ2) is 5.58. The van der Waals surface area contributed by atoms with E-state index in [2.05, 4.69) is 22.5 Å². The van der Waals surface area contributed by atoms with Crippen LogP contribution >= 0.6 is 11.3 Å². The average molecular weight is 225 g/mol.